The molecule has 1 saturated heterocycles. The number of carbonyl (C=O) groups excluding carboxylic acids is 1. The SMILES string of the molecule is O=C(Cn1c(=O)n(-c2ccc(Cl)cc2)c(=O)c2sccc21)N1CCCCC1. The molecule has 6 nitrogen and oxygen atoms in total. The van der Waals surface area contributed by atoms with Gasteiger partial charge in [0.25, 0.3) is 5.56 Å². The van der Waals surface area contributed by atoms with Crippen molar-refractivity contribution in [2.75, 3.05) is 13.1 Å². The second kappa shape index (κ2) is 7.32. The number of benzene rings is 1. The van der Waals surface area contributed by atoms with E-state index >= 15 is 0 Å². The summed E-state index contributed by atoms with van der Waals surface area (Å²) in [5.74, 6) is -0.0920. The van der Waals surface area contributed by atoms with Crippen LogP contribution in [-0.4, -0.2) is 33.0 Å². The topological polar surface area (TPSA) is 64.3 Å². The summed E-state index contributed by atoms with van der Waals surface area (Å²) in [7, 11) is 0. The van der Waals surface area contributed by atoms with E-state index < -0.39 is 5.69 Å². The molecular formula is C19H18ClN3O3S. The van der Waals surface area contributed by atoms with Crippen molar-refractivity contribution in [2.45, 2.75) is 25.8 Å². The first-order valence-electron chi connectivity index (χ1n) is 8.83. The van der Waals surface area contributed by atoms with Gasteiger partial charge in [0.1, 0.15) is 11.2 Å². The average Bonchev–Trinajstić information content (AvgIpc) is 3.17. The fraction of sp³-hybridized carbons (Fsp3) is 0.316. The minimum absolute atomic E-state index is 0.0695. The van der Waals surface area contributed by atoms with Gasteiger partial charge < -0.3 is 4.90 Å². The Morgan fingerprint density at radius 1 is 1.04 bits per heavy atom. The molecule has 3 aromatic rings. The number of nitrogens with zero attached hydrogens (tertiary/aromatic N) is 3. The van der Waals surface area contributed by atoms with Crippen LogP contribution >= 0.6 is 22.9 Å². The van der Waals surface area contributed by atoms with Crippen LogP contribution in [0.2, 0.25) is 5.02 Å². The van der Waals surface area contributed by atoms with E-state index in [1.165, 1.54) is 15.9 Å². The molecule has 1 aliphatic rings. The summed E-state index contributed by atoms with van der Waals surface area (Å²) in [4.78, 5) is 40.5. The number of aromatic nitrogens is 2. The van der Waals surface area contributed by atoms with Gasteiger partial charge in [-0.1, -0.05) is 11.6 Å². The van der Waals surface area contributed by atoms with E-state index in [0.29, 0.717) is 20.9 Å². The van der Waals surface area contributed by atoms with Gasteiger partial charge in [0.15, 0.2) is 0 Å². The Balaban J connectivity index is 1.83. The van der Waals surface area contributed by atoms with Crippen LogP contribution in [0.1, 0.15) is 19.3 Å². The third-order valence-electron chi connectivity index (χ3n) is 4.84. The summed E-state index contributed by atoms with van der Waals surface area (Å²) in [5, 5.41) is 2.28. The maximum atomic E-state index is 13.1. The lowest BCUT2D eigenvalue weighted by Crippen LogP contribution is -2.43. The fourth-order valence-electron chi connectivity index (χ4n) is 3.44. The van der Waals surface area contributed by atoms with E-state index in [9.17, 15) is 14.4 Å². The van der Waals surface area contributed by atoms with Gasteiger partial charge in [-0.2, -0.15) is 0 Å². The van der Waals surface area contributed by atoms with Gasteiger partial charge in [-0.05, 0) is 55.0 Å². The van der Waals surface area contributed by atoms with Crippen LogP contribution in [0.4, 0.5) is 0 Å². The summed E-state index contributed by atoms with van der Waals surface area (Å²) in [5.41, 5.74) is 0.0435. The highest BCUT2D eigenvalue weighted by atomic mass is 35.5. The second-order valence-corrected chi connectivity index (χ2v) is 7.91. The monoisotopic (exact) mass is 403 g/mol. The van der Waals surface area contributed by atoms with Gasteiger partial charge in [-0.25, -0.2) is 9.36 Å². The Labute approximate surface area is 164 Å². The number of piperidine rings is 1. The Bertz CT molecular complexity index is 1110. The largest absolute Gasteiger partial charge is 0.341 e. The molecule has 8 heteroatoms. The van der Waals surface area contributed by atoms with Crippen molar-refractivity contribution >= 4 is 39.1 Å². The molecule has 4 rings (SSSR count). The Kier molecular flexibility index (Phi) is 4.88. The maximum absolute atomic E-state index is 13.1. The van der Waals surface area contributed by atoms with Gasteiger partial charge in [-0.3, -0.25) is 14.2 Å². The minimum atomic E-state index is -0.515. The Morgan fingerprint density at radius 2 is 1.74 bits per heavy atom. The number of carbonyl (C=O) groups is 1. The Hall–Kier alpha value is -2.38. The van der Waals surface area contributed by atoms with Gasteiger partial charge in [0.05, 0.1) is 11.2 Å². The van der Waals surface area contributed by atoms with Gasteiger partial charge >= 0.3 is 5.69 Å². The fourth-order valence-corrected chi connectivity index (χ4v) is 4.39. The molecule has 27 heavy (non-hydrogen) atoms. The van der Waals surface area contributed by atoms with E-state index in [4.69, 9.17) is 11.6 Å². The van der Waals surface area contributed by atoms with Crippen LogP contribution in [0.25, 0.3) is 15.9 Å². The number of amides is 1. The zero-order valence-electron chi connectivity index (χ0n) is 14.6. The van der Waals surface area contributed by atoms with Crippen molar-refractivity contribution < 1.29 is 4.79 Å². The van der Waals surface area contributed by atoms with Crippen LogP contribution in [-0.2, 0) is 11.3 Å². The van der Waals surface area contributed by atoms with Gasteiger partial charge in [0.2, 0.25) is 5.91 Å². The molecule has 3 heterocycles. The molecule has 0 atom stereocenters. The highest BCUT2D eigenvalue weighted by Gasteiger charge is 2.21. The third-order valence-corrected chi connectivity index (χ3v) is 5.99. The molecule has 0 saturated carbocycles. The van der Waals surface area contributed by atoms with E-state index in [1.54, 1.807) is 40.6 Å². The number of rotatable bonds is 3. The predicted molar refractivity (Wildman–Crippen MR) is 107 cm³/mol. The van der Waals surface area contributed by atoms with E-state index in [0.717, 1.165) is 36.9 Å². The average molecular weight is 404 g/mol. The summed E-state index contributed by atoms with van der Waals surface area (Å²) in [6, 6.07) is 8.23. The number of thiophene rings is 1. The molecular weight excluding hydrogens is 386 g/mol. The van der Waals surface area contributed by atoms with Crippen LogP contribution in [0.3, 0.4) is 0 Å². The van der Waals surface area contributed by atoms with Gasteiger partial charge in [0, 0.05) is 18.1 Å². The lowest BCUT2D eigenvalue weighted by Gasteiger charge is -2.27. The molecule has 140 valence electrons. The minimum Gasteiger partial charge on any atom is -0.341 e. The molecule has 1 aliphatic heterocycles. The summed E-state index contributed by atoms with van der Waals surface area (Å²) in [6.07, 6.45) is 3.09. The number of halogens is 1. The molecule has 1 aromatic carbocycles. The Morgan fingerprint density at radius 3 is 2.44 bits per heavy atom. The summed E-state index contributed by atoms with van der Waals surface area (Å²) in [6.45, 7) is 1.37. The molecule has 0 spiro atoms. The zero-order valence-corrected chi connectivity index (χ0v) is 16.1. The van der Waals surface area contributed by atoms with Crippen molar-refractivity contribution in [1.29, 1.82) is 0 Å². The summed E-state index contributed by atoms with van der Waals surface area (Å²) < 4.78 is 2.97. The van der Waals surface area contributed by atoms with Crippen LogP contribution < -0.4 is 11.2 Å². The van der Waals surface area contributed by atoms with Crippen molar-refractivity contribution in [3.05, 3.63) is 61.6 Å². The number of likely N-dealkylation sites (tertiary alicyclic amines) is 1. The van der Waals surface area contributed by atoms with Crippen LogP contribution in [0.15, 0.2) is 45.3 Å². The molecule has 0 unspecified atom stereocenters. The maximum Gasteiger partial charge on any atom is 0.336 e. The highest BCUT2D eigenvalue weighted by Crippen LogP contribution is 2.18. The molecule has 2 aromatic heterocycles. The molecule has 1 fully saturated rings. The highest BCUT2D eigenvalue weighted by molar-refractivity contribution is 7.17. The second-order valence-electron chi connectivity index (χ2n) is 6.56. The van der Waals surface area contributed by atoms with Crippen molar-refractivity contribution in [3.63, 3.8) is 0 Å². The predicted octanol–water partition coefficient (Wildman–Crippen LogP) is 2.88. The lowest BCUT2D eigenvalue weighted by atomic mass is 10.1. The lowest BCUT2D eigenvalue weighted by molar-refractivity contribution is -0.132. The quantitative estimate of drug-likeness (QED) is 0.675. The molecule has 0 N–H and O–H groups in total. The zero-order chi connectivity index (χ0) is 19.0. The molecule has 0 bridgehead atoms. The first-order valence-corrected chi connectivity index (χ1v) is 10.1. The normalized spacial score (nSPS) is 14.6. The standard InChI is InChI=1S/C19H18ClN3O3S/c20-13-4-6-14(7-5-13)23-18(25)17-15(8-11-27-17)22(19(23)26)12-16(24)21-9-2-1-3-10-21/h4-8,11H,1-3,9-10,12H2. The van der Waals surface area contributed by atoms with E-state index in [1.807, 2.05) is 0 Å². The number of hydrogen-bond donors (Lipinski definition) is 0. The van der Waals surface area contributed by atoms with Gasteiger partial charge in [-0.15, -0.1) is 11.3 Å². The number of fused-ring (bicyclic) bond motifs is 1. The van der Waals surface area contributed by atoms with E-state index in [2.05, 4.69) is 0 Å². The molecule has 0 radical (unpaired) electrons. The van der Waals surface area contributed by atoms with Crippen LogP contribution in [0.5, 0.6) is 0 Å². The summed E-state index contributed by atoms with van der Waals surface area (Å²) >= 11 is 7.19. The molecule has 1 amide bonds. The van der Waals surface area contributed by atoms with E-state index in [-0.39, 0.29) is 18.0 Å². The van der Waals surface area contributed by atoms with Crippen molar-refractivity contribution in [3.8, 4) is 5.69 Å². The third kappa shape index (κ3) is 3.33. The van der Waals surface area contributed by atoms with Crippen LogP contribution in [0, 0.1) is 0 Å². The first kappa shape index (κ1) is 18.0. The molecule has 0 aliphatic carbocycles. The first-order chi connectivity index (χ1) is 13.1. The van der Waals surface area contributed by atoms with Crippen molar-refractivity contribution in [1.82, 2.24) is 14.0 Å². The smallest absolute Gasteiger partial charge is 0.336 e. The number of hydrogen-bond acceptors (Lipinski definition) is 4. The van der Waals surface area contributed by atoms with Crippen molar-refractivity contribution in [2.24, 2.45) is 0 Å².